The molecule has 0 bridgehead atoms. The Morgan fingerprint density at radius 1 is 1.33 bits per heavy atom. The van der Waals surface area contributed by atoms with Crippen LogP contribution >= 0.6 is 15.9 Å². The van der Waals surface area contributed by atoms with Crippen LogP contribution in [-0.4, -0.2) is 25.7 Å². The lowest BCUT2D eigenvalue weighted by molar-refractivity contribution is 0.403. The van der Waals surface area contributed by atoms with Gasteiger partial charge in [-0.1, -0.05) is 29.8 Å². The number of rotatable bonds is 5. The van der Waals surface area contributed by atoms with Crippen LogP contribution in [0.2, 0.25) is 0 Å². The fourth-order valence-corrected chi connectivity index (χ4v) is 3.44. The van der Waals surface area contributed by atoms with Gasteiger partial charge in [0, 0.05) is 16.2 Å². The van der Waals surface area contributed by atoms with Crippen molar-refractivity contribution >= 4 is 31.8 Å². The largest absolute Gasteiger partial charge is 0.495 e. The van der Waals surface area contributed by atoms with Crippen LogP contribution in [0.3, 0.4) is 0 Å². The Bertz CT molecular complexity index is 741. The number of aromatic amines is 1. The van der Waals surface area contributed by atoms with Crippen molar-refractivity contribution in [2.75, 3.05) is 11.8 Å². The number of aromatic nitrogens is 2. The van der Waals surface area contributed by atoms with Crippen LogP contribution in [0, 0.1) is 0 Å². The van der Waals surface area contributed by atoms with E-state index in [1.165, 1.54) is 13.2 Å². The minimum absolute atomic E-state index is 0.0495. The summed E-state index contributed by atoms with van der Waals surface area (Å²) >= 11 is 3.26. The lowest BCUT2D eigenvalue weighted by Crippen LogP contribution is -2.14. The Morgan fingerprint density at radius 3 is 2.62 bits per heavy atom. The summed E-state index contributed by atoms with van der Waals surface area (Å²) in [6, 6.07) is 6.45. The topological polar surface area (TPSA) is 84.1 Å². The molecule has 0 saturated heterocycles. The maximum atomic E-state index is 12.4. The third-order valence-corrected chi connectivity index (χ3v) is 4.74. The van der Waals surface area contributed by atoms with Gasteiger partial charge in [0.25, 0.3) is 10.0 Å². The van der Waals surface area contributed by atoms with Crippen molar-refractivity contribution < 1.29 is 13.2 Å². The van der Waals surface area contributed by atoms with Gasteiger partial charge in [0.1, 0.15) is 10.6 Å². The Morgan fingerprint density at radius 2 is 2.05 bits per heavy atom. The van der Waals surface area contributed by atoms with Gasteiger partial charge < -0.3 is 4.74 Å². The molecule has 2 N–H and O–H groups in total. The van der Waals surface area contributed by atoms with Crippen molar-refractivity contribution in [1.29, 1.82) is 0 Å². The molecule has 1 aromatic heterocycles. The van der Waals surface area contributed by atoms with Gasteiger partial charge in [0.2, 0.25) is 0 Å². The smallest absolute Gasteiger partial charge is 0.266 e. The number of benzene rings is 1. The molecule has 2 aromatic rings. The molecule has 0 amide bonds. The molecule has 0 aliphatic carbocycles. The van der Waals surface area contributed by atoms with Crippen molar-refractivity contribution in [3.63, 3.8) is 0 Å². The maximum Gasteiger partial charge on any atom is 0.266 e. The van der Waals surface area contributed by atoms with Gasteiger partial charge in [-0.25, -0.2) is 8.42 Å². The lowest BCUT2D eigenvalue weighted by Gasteiger charge is -2.10. The summed E-state index contributed by atoms with van der Waals surface area (Å²) in [5, 5.41) is 6.76. The average molecular weight is 374 g/mol. The number of anilines is 1. The fourth-order valence-electron chi connectivity index (χ4n) is 1.74. The summed E-state index contributed by atoms with van der Waals surface area (Å²) in [5.74, 6) is 0.752. The molecule has 0 spiro atoms. The average Bonchev–Trinajstić information content (AvgIpc) is 2.86. The molecule has 0 aliphatic rings. The van der Waals surface area contributed by atoms with Gasteiger partial charge in [-0.15, -0.1) is 0 Å². The number of H-pyrrole nitrogens is 1. The molecule has 2 rings (SSSR count). The Kier molecular flexibility index (Phi) is 4.58. The van der Waals surface area contributed by atoms with Crippen LogP contribution in [0.25, 0.3) is 0 Å². The predicted molar refractivity (Wildman–Crippen MR) is 84.2 cm³/mol. The van der Waals surface area contributed by atoms with E-state index in [9.17, 15) is 8.42 Å². The standard InChI is InChI=1S/C13H16BrN3O3S/c1-8(2)10-7-13(16-15-10)17-21(18,19)12-6-9(14)4-5-11(12)20-3/h4-8H,1-3H3,(H2,15,16,17). The first kappa shape index (κ1) is 15.8. The van der Waals surface area contributed by atoms with Crippen molar-refractivity contribution in [3.8, 4) is 5.75 Å². The summed E-state index contributed by atoms with van der Waals surface area (Å²) in [6.07, 6.45) is 0. The number of nitrogens with one attached hydrogen (secondary N) is 2. The number of nitrogens with zero attached hydrogens (tertiary/aromatic N) is 1. The molecule has 21 heavy (non-hydrogen) atoms. The number of halogens is 1. The first-order valence-corrected chi connectivity index (χ1v) is 8.53. The highest BCUT2D eigenvalue weighted by molar-refractivity contribution is 9.10. The zero-order valence-corrected chi connectivity index (χ0v) is 14.2. The third-order valence-electron chi connectivity index (χ3n) is 2.87. The molecular weight excluding hydrogens is 358 g/mol. The van der Waals surface area contributed by atoms with E-state index in [1.807, 2.05) is 13.8 Å². The molecule has 1 heterocycles. The van der Waals surface area contributed by atoms with Gasteiger partial charge in [0.05, 0.1) is 7.11 Å². The SMILES string of the molecule is COc1ccc(Br)cc1S(=O)(=O)Nc1cc(C(C)C)[nH]n1. The highest BCUT2D eigenvalue weighted by Crippen LogP contribution is 2.28. The second kappa shape index (κ2) is 6.07. The van der Waals surface area contributed by atoms with Gasteiger partial charge in [0.15, 0.2) is 5.82 Å². The van der Waals surface area contributed by atoms with Crippen molar-refractivity contribution in [2.45, 2.75) is 24.7 Å². The Balaban J connectivity index is 2.35. The molecule has 0 saturated carbocycles. The van der Waals surface area contributed by atoms with E-state index < -0.39 is 10.0 Å². The number of sulfonamides is 1. The van der Waals surface area contributed by atoms with Crippen LogP contribution in [0.4, 0.5) is 5.82 Å². The van der Waals surface area contributed by atoms with E-state index in [0.29, 0.717) is 4.47 Å². The normalized spacial score (nSPS) is 11.7. The Labute approximate surface area is 132 Å². The van der Waals surface area contributed by atoms with E-state index in [0.717, 1.165) is 5.69 Å². The molecule has 114 valence electrons. The molecule has 0 aliphatic heterocycles. The molecule has 0 fully saturated rings. The monoisotopic (exact) mass is 373 g/mol. The molecule has 8 heteroatoms. The van der Waals surface area contributed by atoms with Crippen LogP contribution in [0.5, 0.6) is 5.75 Å². The molecular formula is C13H16BrN3O3S. The van der Waals surface area contributed by atoms with Gasteiger partial charge in [-0.3, -0.25) is 9.82 Å². The number of hydrogen-bond acceptors (Lipinski definition) is 4. The maximum absolute atomic E-state index is 12.4. The van der Waals surface area contributed by atoms with E-state index >= 15 is 0 Å². The molecule has 0 unspecified atom stereocenters. The first-order valence-electron chi connectivity index (χ1n) is 6.25. The van der Waals surface area contributed by atoms with E-state index in [2.05, 4.69) is 30.8 Å². The quantitative estimate of drug-likeness (QED) is 0.842. The molecule has 1 aromatic carbocycles. The zero-order valence-electron chi connectivity index (χ0n) is 11.8. The van der Waals surface area contributed by atoms with E-state index in [4.69, 9.17) is 4.74 Å². The van der Waals surface area contributed by atoms with E-state index in [-0.39, 0.29) is 22.4 Å². The highest BCUT2D eigenvalue weighted by Gasteiger charge is 2.21. The second-order valence-electron chi connectivity index (χ2n) is 4.76. The van der Waals surface area contributed by atoms with Crippen molar-refractivity contribution in [3.05, 3.63) is 34.4 Å². The minimum atomic E-state index is -3.78. The molecule has 0 atom stereocenters. The zero-order chi connectivity index (χ0) is 15.6. The van der Waals surface area contributed by atoms with Crippen molar-refractivity contribution in [2.24, 2.45) is 0 Å². The summed E-state index contributed by atoms with van der Waals surface area (Å²) in [4.78, 5) is 0.0495. The second-order valence-corrected chi connectivity index (χ2v) is 7.33. The number of methoxy groups -OCH3 is 1. The highest BCUT2D eigenvalue weighted by atomic mass is 79.9. The van der Waals surface area contributed by atoms with Crippen LogP contribution in [0.15, 0.2) is 33.6 Å². The lowest BCUT2D eigenvalue weighted by atomic mass is 10.1. The van der Waals surface area contributed by atoms with Crippen LogP contribution in [0.1, 0.15) is 25.5 Å². The first-order chi connectivity index (χ1) is 9.83. The van der Waals surface area contributed by atoms with Crippen molar-refractivity contribution in [1.82, 2.24) is 10.2 Å². The van der Waals surface area contributed by atoms with Crippen LogP contribution < -0.4 is 9.46 Å². The molecule has 0 radical (unpaired) electrons. The summed E-state index contributed by atoms with van der Waals surface area (Å²) < 4.78 is 33.1. The number of ether oxygens (including phenoxy) is 1. The minimum Gasteiger partial charge on any atom is -0.495 e. The van der Waals surface area contributed by atoms with Gasteiger partial charge in [-0.2, -0.15) is 5.10 Å². The van der Waals surface area contributed by atoms with Crippen LogP contribution in [-0.2, 0) is 10.0 Å². The summed E-state index contributed by atoms with van der Waals surface area (Å²) in [6.45, 7) is 3.98. The fraction of sp³-hybridized carbons (Fsp3) is 0.308. The Hall–Kier alpha value is -1.54. The van der Waals surface area contributed by atoms with Gasteiger partial charge >= 0.3 is 0 Å². The molecule has 6 nitrogen and oxygen atoms in total. The predicted octanol–water partition coefficient (Wildman–Crippen LogP) is 3.11. The number of hydrogen-bond donors (Lipinski definition) is 2. The summed E-state index contributed by atoms with van der Waals surface area (Å²) in [7, 11) is -2.35. The third kappa shape index (κ3) is 3.56. The van der Waals surface area contributed by atoms with Gasteiger partial charge in [-0.05, 0) is 24.1 Å². The van der Waals surface area contributed by atoms with E-state index in [1.54, 1.807) is 18.2 Å². The summed E-state index contributed by atoms with van der Waals surface area (Å²) in [5.41, 5.74) is 0.855.